The van der Waals surface area contributed by atoms with E-state index < -0.39 is 0 Å². The summed E-state index contributed by atoms with van der Waals surface area (Å²) in [5, 5.41) is 5.93. The number of rotatable bonds is 2. The topological polar surface area (TPSA) is 61.4 Å². The fourth-order valence-electron chi connectivity index (χ4n) is 4.09. The second-order valence-electron chi connectivity index (χ2n) is 6.55. The molecule has 3 fully saturated rings. The normalized spacial score (nSPS) is 31.3. The molecule has 1 aromatic rings. The van der Waals surface area contributed by atoms with E-state index in [0.29, 0.717) is 24.9 Å². The second kappa shape index (κ2) is 5.39. The lowest BCUT2D eigenvalue weighted by molar-refractivity contribution is -0.134. The quantitative estimate of drug-likeness (QED) is 0.804. The number of benzene rings is 1. The third-order valence-corrected chi connectivity index (χ3v) is 5.21. The van der Waals surface area contributed by atoms with Gasteiger partial charge in [0.2, 0.25) is 11.8 Å². The largest absolute Gasteiger partial charge is 0.363 e. The summed E-state index contributed by atoms with van der Waals surface area (Å²) in [6.45, 7) is 2.12. The summed E-state index contributed by atoms with van der Waals surface area (Å²) in [4.78, 5) is 25.7. The van der Waals surface area contributed by atoms with Crippen molar-refractivity contribution in [3.63, 3.8) is 0 Å². The Hall–Kier alpha value is -1.88. The van der Waals surface area contributed by atoms with Crippen molar-refractivity contribution < 1.29 is 9.59 Å². The number of hydrogen-bond acceptors (Lipinski definition) is 4. The zero-order valence-electron chi connectivity index (χ0n) is 12.5. The molecule has 3 unspecified atom stereocenters. The van der Waals surface area contributed by atoms with Gasteiger partial charge in [-0.15, -0.1) is 0 Å². The molecule has 3 aliphatic rings. The van der Waals surface area contributed by atoms with Gasteiger partial charge >= 0.3 is 0 Å². The minimum absolute atomic E-state index is 0.157. The Kier molecular flexibility index (Phi) is 3.37. The van der Waals surface area contributed by atoms with Crippen molar-refractivity contribution in [2.45, 2.75) is 43.7 Å². The minimum atomic E-state index is -0.188. The van der Waals surface area contributed by atoms with Gasteiger partial charge in [-0.1, -0.05) is 12.1 Å². The molecule has 2 amide bonds. The van der Waals surface area contributed by atoms with E-state index in [4.69, 9.17) is 0 Å². The van der Waals surface area contributed by atoms with Crippen molar-refractivity contribution in [2.24, 2.45) is 0 Å². The molecule has 2 N–H and O–H groups in total. The van der Waals surface area contributed by atoms with Gasteiger partial charge in [0.1, 0.15) is 0 Å². The number of anilines is 1. The maximum absolute atomic E-state index is 12.0. The second-order valence-corrected chi connectivity index (χ2v) is 6.55. The van der Waals surface area contributed by atoms with Gasteiger partial charge in [0.05, 0.1) is 5.92 Å². The number of nitrogens with one attached hydrogen (secondary N) is 2. The summed E-state index contributed by atoms with van der Waals surface area (Å²) in [5.41, 5.74) is 2.27. The van der Waals surface area contributed by atoms with Gasteiger partial charge in [-0.2, -0.15) is 0 Å². The van der Waals surface area contributed by atoms with Gasteiger partial charge in [0.15, 0.2) is 0 Å². The summed E-state index contributed by atoms with van der Waals surface area (Å²) in [7, 11) is 0. The first-order valence-corrected chi connectivity index (χ1v) is 8.15. The molecule has 2 bridgehead atoms. The maximum Gasteiger partial charge on any atom is 0.234 e. The molecule has 5 nitrogen and oxygen atoms in total. The van der Waals surface area contributed by atoms with Crippen molar-refractivity contribution >= 4 is 17.5 Å². The van der Waals surface area contributed by atoms with Crippen LogP contribution in [0.25, 0.3) is 0 Å². The van der Waals surface area contributed by atoms with Crippen LogP contribution in [0.2, 0.25) is 0 Å². The van der Waals surface area contributed by atoms with E-state index in [-0.39, 0.29) is 17.7 Å². The number of carbonyl (C=O) groups excluding carboxylic acids is 2. The Morgan fingerprint density at radius 3 is 2.27 bits per heavy atom. The highest BCUT2D eigenvalue weighted by atomic mass is 16.2. The number of amides is 2. The molecule has 4 rings (SSSR count). The van der Waals surface area contributed by atoms with Crippen molar-refractivity contribution in [1.29, 1.82) is 0 Å². The predicted octanol–water partition coefficient (Wildman–Crippen LogP) is 1.15. The molecule has 0 spiro atoms. The highest BCUT2D eigenvalue weighted by Crippen LogP contribution is 2.34. The Labute approximate surface area is 130 Å². The van der Waals surface area contributed by atoms with Crippen LogP contribution >= 0.6 is 0 Å². The number of fused-ring (bicyclic) bond motifs is 2. The molecule has 0 saturated carbocycles. The molecule has 3 saturated heterocycles. The number of carbonyl (C=O) groups is 2. The van der Waals surface area contributed by atoms with E-state index in [0.717, 1.165) is 18.7 Å². The Morgan fingerprint density at radius 1 is 0.955 bits per heavy atom. The zero-order chi connectivity index (χ0) is 15.1. The Balaban J connectivity index is 1.54. The molecular formula is C17H21N3O2. The predicted molar refractivity (Wildman–Crippen MR) is 83.7 cm³/mol. The Morgan fingerprint density at radius 2 is 1.64 bits per heavy atom. The summed E-state index contributed by atoms with van der Waals surface area (Å²) < 4.78 is 0. The van der Waals surface area contributed by atoms with E-state index in [1.165, 1.54) is 18.5 Å². The van der Waals surface area contributed by atoms with Crippen LogP contribution in [0, 0.1) is 0 Å². The van der Waals surface area contributed by atoms with E-state index in [1.807, 2.05) is 0 Å². The van der Waals surface area contributed by atoms with Gasteiger partial charge < -0.3 is 10.2 Å². The monoisotopic (exact) mass is 299 g/mol. The Bertz CT molecular complexity index is 582. The molecule has 0 aliphatic carbocycles. The van der Waals surface area contributed by atoms with Crippen molar-refractivity contribution in [3.05, 3.63) is 29.8 Å². The highest BCUT2D eigenvalue weighted by molar-refractivity contribution is 6.00. The molecule has 3 heterocycles. The molecule has 5 heteroatoms. The SMILES string of the molecule is O=C1CCC(c2ccc(N3C4CCC3CNC4)cc2)C(=O)N1. The van der Waals surface area contributed by atoms with Crippen LogP contribution in [-0.2, 0) is 9.59 Å². The molecule has 0 radical (unpaired) electrons. The molecule has 1 aromatic carbocycles. The smallest absolute Gasteiger partial charge is 0.234 e. The third kappa shape index (κ3) is 2.29. The first-order valence-electron chi connectivity index (χ1n) is 8.15. The lowest BCUT2D eigenvalue weighted by Gasteiger charge is -2.37. The maximum atomic E-state index is 12.0. The summed E-state index contributed by atoms with van der Waals surface area (Å²) in [6, 6.07) is 9.57. The van der Waals surface area contributed by atoms with Gasteiger partial charge in [0.25, 0.3) is 0 Å². The van der Waals surface area contributed by atoms with Crippen molar-refractivity contribution in [2.75, 3.05) is 18.0 Å². The van der Waals surface area contributed by atoms with Gasteiger partial charge in [-0.25, -0.2) is 0 Å². The lowest BCUT2D eigenvalue weighted by atomic mass is 9.90. The molecule has 22 heavy (non-hydrogen) atoms. The van der Waals surface area contributed by atoms with E-state index in [1.54, 1.807) is 0 Å². The van der Waals surface area contributed by atoms with Crippen LogP contribution in [0.3, 0.4) is 0 Å². The molecule has 3 atom stereocenters. The summed E-state index contributed by atoms with van der Waals surface area (Å²) in [5.74, 6) is -0.506. The van der Waals surface area contributed by atoms with Gasteiger partial charge in [0, 0.05) is 37.3 Å². The van der Waals surface area contributed by atoms with Crippen LogP contribution in [0.5, 0.6) is 0 Å². The zero-order valence-corrected chi connectivity index (χ0v) is 12.5. The lowest BCUT2D eigenvalue weighted by Crippen LogP contribution is -2.52. The molecule has 116 valence electrons. The van der Waals surface area contributed by atoms with Crippen LogP contribution < -0.4 is 15.5 Å². The van der Waals surface area contributed by atoms with Gasteiger partial charge in [-0.05, 0) is 37.0 Å². The molecular weight excluding hydrogens is 278 g/mol. The summed E-state index contributed by atoms with van der Waals surface area (Å²) >= 11 is 0. The van der Waals surface area contributed by atoms with Crippen molar-refractivity contribution in [1.82, 2.24) is 10.6 Å². The standard InChI is InChI=1S/C17H21N3O2/c21-16-8-7-15(17(22)19-16)11-1-3-12(4-2-11)20-13-5-6-14(20)10-18-9-13/h1-4,13-15,18H,5-10H2,(H,19,21,22). The average Bonchev–Trinajstić information content (AvgIpc) is 2.77. The average molecular weight is 299 g/mol. The van der Waals surface area contributed by atoms with E-state index in [2.05, 4.69) is 39.8 Å². The van der Waals surface area contributed by atoms with E-state index >= 15 is 0 Å². The van der Waals surface area contributed by atoms with Crippen LogP contribution in [-0.4, -0.2) is 37.0 Å². The first kappa shape index (κ1) is 13.8. The van der Waals surface area contributed by atoms with Crippen molar-refractivity contribution in [3.8, 4) is 0 Å². The first-order chi connectivity index (χ1) is 10.7. The fraction of sp³-hybridized carbons (Fsp3) is 0.529. The number of nitrogens with zero attached hydrogens (tertiary/aromatic N) is 1. The van der Waals surface area contributed by atoms with Crippen LogP contribution in [0.15, 0.2) is 24.3 Å². The van der Waals surface area contributed by atoms with E-state index in [9.17, 15) is 9.59 Å². The molecule has 3 aliphatic heterocycles. The number of piperazine rings is 1. The minimum Gasteiger partial charge on any atom is -0.363 e. The summed E-state index contributed by atoms with van der Waals surface area (Å²) in [6.07, 6.45) is 3.56. The third-order valence-electron chi connectivity index (χ3n) is 5.21. The number of imide groups is 1. The van der Waals surface area contributed by atoms with Crippen LogP contribution in [0.1, 0.15) is 37.2 Å². The number of piperidine rings is 1. The highest BCUT2D eigenvalue weighted by Gasteiger charge is 2.36. The molecule has 0 aromatic heterocycles. The van der Waals surface area contributed by atoms with Crippen LogP contribution in [0.4, 0.5) is 5.69 Å². The van der Waals surface area contributed by atoms with Gasteiger partial charge in [-0.3, -0.25) is 14.9 Å². The number of hydrogen-bond donors (Lipinski definition) is 2. The fourth-order valence-corrected chi connectivity index (χ4v) is 4.09.